The standard InChI is InChI=1S/C51H69N13O11S2.C2HF3O2/c1-26(65)39(42(53)68)62-49(75)41-51(3,4)77-76-25-38(61-43(69)33(52)21-28-11-6-5-7-12-28)47(73)59-36(22-29-16-18-31(67)19-17-29)45(71)60-37(23-30-24-57-34-14-9-8-13-32(30)34)46(72)58-35(15-10-20-56-50(54)55)44(70)63-40(27(2)66)48(74)64-41;3-2(4,5)1(6)7/h5-9,11-14,16-19,24,26-27,33,35-41,57,65-67H,10,15,20-23,25,52H2,1-4H3,(H2,53,68)(H,58,72)(H,59,73)(H,60,71)(H,61,69)(H,62,75)(H,63,70)(H,64,74)(H4,54,55,56);(H,6,7). The number of hydrogen-bond acceptors (Lipinski definition) is 16. The number of para-hydroxylation sites is 1. The van der Waals surface area contributed by atoms with Crippen molar-refractivity contribution in [2.24, 2.45) is 27.9 Å². The van der Waals surface area contributed by atoms with E-state index in [1.165, 1.54) is 52.0 Å². The van der Waals surface area contributed by atoms with Crippen LogP contribution in [0.5, 0.6) is 5.75 Å². The van der Waals surface area contributed by atoms with Gasteiger partial charge in [0, 0.05) is 47.0 Å². The van der Waals surface area contributed by atoms with Crippen molar-refractivity contribution in [1.82, 2.24) is 42.2 Å². The number of carbonyl (C=O) groups excluding carboxylic acids is 8. The molecular formula is C53H70F3N13O13S2. The van der Waals surface area contributed by atoms with Gasteiger partial charge in [-0.15, -0.1) is 0 Å². The first-order chi connectivity index (χ1) is 39.4. The van der Waals surface area contributed by atoms with Gasteiger partial charge in [-0.3, -0.25) is 43.3 Å². The summed E-state index contributed by atoms with van der Waals surface area (Å²) < 4.78 is 30.3. The number of nitrogens with two attached hydrogens (primary N) is 4. The third-order valence-corrected chi connectivity index (χ3v) is 16.0. The maximum atomic E-state index is 14.9. The Balaban J connectivity index is 0.00000203. The molecule has 0 bridgehead atoms. The number of phenols is 1. The summed E-state index contributed by atoms with van der Waals surface area (Å²) in [6.45, 7) is 5.45. The maximum Gasteiger partial charge on any atom is 0.490 e. The summed E-state index contributed by atoms with van der Waals surface area (Å²) in [6, 6.07) is 9.79. The number of H-pyrrole nitrogens is 1. The number of carbonyl (C=O) groups is 9. The van der Waals surface area contributed by atoms with E-state index < -0.39 is 125 Å². The fourth-order valence-electron chi connectivity index (χ4n) is 8.23. The summed E-state index contributed by atoms with van der Waals surface area (Å²) in [7, 11) is 1.92. The quantitative estimate of drug-likeness (QED) is 0.0254. The lowest BCUT2D eigenvalue weighted by molar-refractivity contribution is -0.192. The zero-order valence-electron chi connectivity index (χ0n) is 46.0. The second kappa shape index (κ2) is 31.5. The summed E-state index contributed by atoms with van der Waals surface area (Å²) >= 11 is 0. The van der Waals surface area contributed by atoms with Gasteiger partial charge in [0.1, 0.15) is 48.0 Å². The number of aromatic hydroxyl groups is 1. The molecule has 1 aliphatic heterocycles. The number of phenolic OH excluding ortho intramolecular Hbond substituents is 1. The minimum absolute atomic E-state index is 0.00282. The number of guanidine groups is 1. The Morgan fingerprint density at radius 1 is 0.774 bits per heavy atom. The molecule has 10 unspecified atom stereocenters. The summed E-state index contributed by atoms with van der Waals surface area (Å²) in [4.78, 5) is 130. The number of hydrogen-bond donors (Lipinski definition) is 16. The number of halogens is 3. The molecule has 20 N–H and O–H groups in total. The molecule has 31 heteroatoms. The molecule has 26 nitrogen and oxygen atoms in total. The normalized spacial score (nSPS) is 21.6. The van der Waals surface area contributed by atoms with Crippen LogP contribution in [-0.2, 0) is 62.4 Å². The number of rotatable bonds is 17. The van der Waals surface area contributed by atoms with Crippen LogP contribution < -0.4 is 60.2 Å². The van der Waals surface area contributed by atoms with Crippen LogP contribution in [0.25, 0.3) is 10.9 Å². The highest BCUT2D eigenvalue weighted by molar-refractivity contribution is 8.77. The van der Waals surface area contributed by atoms with E-state index in [0.717, 1.165) is 27.2 Å². The molecule has 5 rings (SSSR count). The summed E-state index contributed by atoms with van der Waals surface area (Å²) in [5.74, 6) is -10.9. The lowest BCUT2D eigenvalue weighted by Crippen LogP contribution is -2.65. The number of fused-ring (bicyclic) bond motifs is 1. The van der Waals surface area contributed by atoms with Gasteiger partial charge in [-0.25, -0.2) is 4.79 Å². The zero-order valence-corrected chi connectivity index (χ0v) is 47.6. The van der Waals surface area contributed by atoms with Crippen LogP contribution in [0.1, 0.15) is 57.2 Å². The van der Waals surface area contributed by atoms with Crippen molar-refractivity contribution in [2.45, 2.75) is 131 Å². The molecule has 1 aromatic heterocycles. The number of primary amides is 1. The predicted octanol–water partition coefficient (Wildman–Crippen LogP) is -1.27. The number of aromatic nitrogens is 1. The largest absolute Gasteiger partial charge is 0.508 e. The molecule has 84 heavy (non-hydrogen) atoms. The summed E-state index contributed by atoms with van der Waals surface area (Å²) in [6.07, 6.45) is -6.91. The molecule has 2 heterocycles. The van der Waals surface area contributed by atoms with Gasteiger partial charge in [-0.2, -0.15) is 13.2 Å². The summed E-state index contributed by atoms with van der Waals surface area (Å²) in [5, 5.41) is 57.8. The van der Waals surface area contributed by atoms with Crippen molar-refractivity contribution in [3.63, 3.8) is 0 Å². The smallest absolute Gasteiger partial charge is 0.490 e. The average molecular weight is 1220 g/mol. The van der Waals surface area contributed by atoms with Gasteiger partial charge in [-0.1, -0.05) is 82.3 Å². The number of carboxylic acid groups (broad SMARTS) is 1. The van der Waals surface area contributed by atoms with Crippen molar-refractivity contribution in [1.29, 1.82) is 0 Å². The third-order valence-electron chi connectivity index (χ3n) is 12.7. The van der Waals surface area contributed by atoms with Gasteiger partial charge in [0.05, 0.1) is 18.2 Å². The van der Waals surface area contributed by atoms with Crippen molar-refractivity contribution in [3.8, 4) is 5.75 Å². The van der Waals surface area contributed by atoms with Crippen LogP contribution in [0.3, 0.4) is 0 Å². The Morgan fingerprint density at radius 3 is 1.93 bits per heavy atom. The lowest BCUT2D eigenvalue weighted by atomic mass is 9.99. The molecule has 1 aliphatic rings. The fourth-order valence-corrected chi connectivity index (χ4v) is 11.0. The van der Waals surface area contributed by atoms with Crippen molar-refractivity contribution < 1.29 is 76.7 Å². The van der Waals surface area contributed by atoms with Crippen molar-refractivity contribution in [3.05, 3.63) is 102 Å². The first-order valence-corrected chi connectivity index (χ1v) is 28.3. The van der Waals surface area contributed by atoms with E-state index in [1.54, 1.807) is 54.7 Å². The molecule has 0 radical (unpaired) electrons. The molecular weight excluding hydrogens is 1150 g/mol. The number of alkyl halides is 3. The maximum absolute atomic E-state index is 14.9. The molecule has 1 fully saturated rings. The van der Waals surface area contributed by atoms with E-state index >= 15 is 0 Å². The minimum Gasteiger partial charge on any atom is -0.508 e. The second-order valence-electron chi connectivity index (χ2n) is 20.0. The molecule has 0 aliphatic carbocycles. The molecule has 4 aromatic rings. The number of nitrogens with zero attached hydrogens (tertiary/aromatic N) is 1. The number of amides is 8. The number of carboxylic acids is 1. The molecule has 8 amide bonds. The Morgan fingerprint density at radius 2 is 1.35 bits per heavy atom. The topological polar surface area (TPSA) is 451 Å². The molecule has 0 saturated carbocycles. The van der Waals surface area contributed by atoms with Crippen molar-refractivity contribution in [2.75, 3.05) is 12.3 Å². The molecule has 0 spiro atoms. The lowest BCUT2D eigenvalue weighted by Gasteiger charge is -2.36. The number of aliphatic carboxylic acids is 1. The number of aliphatic hydroxyl groups is 2. The van der Waals surface area contributed by atoms with Crippen LogP contribution >= 0.6 is 21.6 Å². The van der Waals surface area contributed by atoms with Crippen LogP contribution in [-0.4, -0.2) is 168 Å². The third kappa shape index (κ3) is 21.2. The van der Waals surface area contributed by atoms with E-state index in [9.17, 15) is 66.8 Å². The van der Waals surface area contributed by atoms with Crippen LogP contribution in [0.2, 0.25) is 0 Å². The fraction of sp³-hybridized carbons (Fsp3) is 0.434. The number of nitrogens with one attached hydrogen (secondary N) is 8. The first-order valence-electron chi connectivity index (χ1n) is 25.9. The van der Waals surface area contributed by atoms with E-state index in [4.69, 9.17) is 32.8 Å². The molecule has 10 atom stereocenters. The monoisotopic (exact) mass is 1220 g/mol. The van der Waals surface area contributed by atoms with E-state index in [1.807, 2.05) is 6.07 Å². The predicted molar refractivity (Wildman–Crippen MR) is 306 cm³/mol. The Labute approximate surface area is 487 Å². The van der Waals surface area contributed by atoms with Gasteiger partial charge in [0.25, 0.3) is 0 Å². The second-order valence-corrected chi connectivity index (χ2v) is 23.0. The molecule has 3 aromatic carbocycles. The number of benzene rings is 3. The summed E-state index contributed by atoms with van der Waals surface area (Å²) in [5.41, 5.74) is 25.5. The highest BCUT2D eigenvalue weighted by Gasteiger charge is 2.43. The van der Waals surface area contributed by atoms with Gasteiger partial charge >= 0.3 is 12.1 Å². The number of aromatic amines is 1. The molecule has 1 saturated heterocycles. The zero-order chi connectivity index (χ0) is 62.6. The Kier molecular flexibility index (Phi) is 25.6. The highest BCUT2D eigenvalue weighted by Crippen LogP contribution is 2.39. The number of aliphatic imine (C=N–C) groups is 1. The van der Waals surface area contributed by atoms with Crippen LogP contribution in [0, 0.1) is 0 Å². The van der Waals surface area contributed by atoms with Gasteiger partial charge < -0.3 is 85.6 Å². The Hall–Kier alpha value is -8.13. The van der Waals surface area contributed by atoms with Gasteiger partial charge in [0.2, 0.25) is 47.3 Å². The van der Waals surface area contributed by atoms with Crippen LogP contribution in [0.15, 0.2) is 90.1 Å². The molecule has 458 valence electrons. The number of aliphatic hydroxyl groups excluding tert-OH is 2. The highest BCUT2D eigenvalue weighted by atomic mass is 33.1. The SMILES string of the molecule is CC(O)C(NC(=O)C1NC(=O)C(C(C)O)NC(=O)C(CCCN=C(N)N)NC(=O)C(Cc2c[nH]c3ccccc23)NC(=O)C(Cc2ccc(O)cc2)NC(=O)C(NC(=O)C(N)Cc2ccccc2)CSSC1(C)C)C(N)=O.O=C(O)C(F)(F)F. The Bertz CT molecular complexity index is 2970. The van der Waals surface area contributed by atoms with E-state index in [-0.39, 0.29) is 56.1 Å². The van der Waals surface area contributed by atoms with Crippen LogP contribution in [0.4, 0.5) is 13.2 Å². The minimum atomic E-state index is -5.08. The van der Waals surface area contributed by atoms with E-state index in [0.29, 0.717) is 22.0 Å². The van der Waals surface area contributed by atoms with Crippen molar-refractivity contribution >= 4 is 91.7 Å². The average Bonchev–Trinajstić information content (AvgIpc) is 3.02. The first kappa shape index (κ1) is 68.4. The van der Waals surface area contributed by atoms with Gasteiger partial charge in [0.15, 0.2) is 5.96 Å². The van der Waals surface area contributed by atoms with Gasteiger partial charge in [-0.05, 0) is 81.8 Å². The van der Waals surface area contributed by atoms with E-state index in [2.05, 4.69) is 47.2 Å².